The molecule has 0 bridgehead atoms. The van der Waals surface area contributed by atoms with E-state index in [1.807, 2.05) is 18.2 Å². The van der Waals surface area contributed by atoms with Crippen molar-refractivity contribution < 1.29 is 18.3 Å². The van der Waals surface area contributed by atoms with Crippen molar-refractivity contribution in [2.45, 2.75) is 44.4 Å². The number of hydrogen-bond acceptors (Lipinski definition) is 5. The molecule has 0 radical (unpaired) electrons. The molecule has 3 rings (SSSR count). The standard InChI is InChI=1S/C18H20F2N4O2/c1-2-26-17(25)16-15(23-21-13-6-4-3-5-7-13)14(22-24-16)12-8-10-18(19,20)11-9-12/h3-7,12H,2,8-11H2,1H3,(H,22,24). The minimum atomic E-state index is -2.63. The Kier molecular flexibility index (Phi) is 5.39. The molecule has 0 unspecified atom stereocenters. The molecule has 1 aromatic heterocycles. The van der Waals surface area contributed by atoms with Crippen molar-refractivity contribution in [1.29, 1.82) is 0 Å². The van der Waals surface area contributed by atoms with E-state index in [1.165, 1.54) is 0 Å². The van der Waals surface area contributed by atoms with Gasteiger partial charge in [0.05, 0.1) is 18.0 Å². The fourth-order valence-corrected chi connectivity index (χ4v) is 3.01. The van der Waals surface area contributed by atoms with Crippen LogP contribution >= 0.6 is 0 Å². The van der Waals surface area contributed by atoms with Crippen LogP contribution in [0, 0.1) is 0 Å². The lowest BCUT2D eigenvalue weighted by Gasteiger charge is -2.27. The van der Waals surface area contributed by atoms with Gasteiger partial charge >= 0.3 is 5.97 Å². The van der Waals surface area contributed by atoms with Gasteiger partial charge in [-0.15, -0.1) is 5.11 Å². The van der Waals surface area contributed by atoms with Crippen molar-refractivity contribution in [3.05, 3.63) is 41.7 Å². The first-order chi connectivity index (χ1) is 12.5. The number of nitrogens with zero attached hydrogens (tertiary/aromatic N) is 3. The second kappa shape index (κ2) is 7.72. The van der Waals surface area contributed by atoms with Gasteiger partial charge < -0.3 is 4.74 Å². The predicted octanol–water partition coefficient (Wildman–Crippen LogP) is 5.29. The third-order valence-corrected chi connectivity index (χ3v) is 4.38. The third-order valence-electron chi connectivity index (χ3n) is 4.38. The summed E-state index contributed by atoms with van der Waals surface area (Å²) in [6, 6.07) is 9.04. The Balaban J connectivity index is 1.91. The lowest BCUT2D eigenvalue weighted by molar-refractivity contribution is -0.0384. The number of carbonyl (C=O) groups is 1. The van der Waals surface area contributed by atoms with E-state index < -0.39 is 11.9 Å². The monoisotopic (exact) mass is 362 g/mol. The summed E-state index contributed by atoms with van der Waals surface area (Å²) in [7, 11) is 0. The number of ether oxygens (including phenoxy) is 1. The number of carbonyl (C=O) groups excluding carboxylic acids is 1. The van der Waals surface area contributed by atoms with Crippen LogP contribution in [0.4, 0.5) is 20.2 Å². The van der Waals surface area contributed by atoms with E-state index in [1.54, 1.807) is 19.1 Å². The van der Waals surface area contributed by atoms with E-state index >= 15 is 0 Å². The summed E-state index contributed by atoms with van der Waals surface area (Å²) in [6.45, 7) is 1.89. The Hall–Kier alpha value is -2.64. The first-order valence-electron chi connectivity index (χ1n) is 8.60. The lowest BCUT2D eigenvalue weighted by atomic mass is 9.84. The van der Waals surface area contributed by atoms with Gasteiger partial charge in [0.2, 0.25) is 5.92 Å². The molecule has 0 atom stereocenters. The molecular formula is C18H20F2N4O2. The van der Waals surface area contributed by atoms with E-state index in [9.17, 15) is 13.6 Å². The van der Waals surface area contributed by atoms with Gasteiger partial charge in [-0.2, -0.15) is 10.2 Å². The number of aromatic amines is 1. The minimum absolute atomic E-state index is 0.0267. The lowest BCUT2D eigenvalue weighted by Crippen LogP contribution is -2.23. The van der Waals surface area contributed by atoms with Crippen LogP contribution in [0.5, 0.6) is 0 Å². The van der Waals surface area contributed by atoms with Crippen molar-refractivity contribution in [1.82, 2.24) is 10.2 Å². The van der Waals surface area contributed by atoms with Crippen LogP contribution in [0.1, 0.15) is 54.7 Å². The molecule has 0 saturated heterocycles. The Morgan fingerprint density at radius 1 is 1.27 bits per heavy atom. The van der Waals surface area contributed by atoms with Crippen LogP contribution in [0.25, 0.3) is 0 Å². The number of halogens is 2. The summed E-state index contributed by atoms with van der Waals surface area (Å²) >= 11 is 0. The zero-order valence-corrected chi connectivity index (χ0v) is 14.4. The second-order valence-corrected chi connectivity index (χ2v) is 6.22. The molecule has 1 aliphatic rings. The number of benzene rings is 1. The van der Waals surface area contributed by atoms with Crippen molar-refractivity contribution in [3.63, 3.8) is 0 Å². The molecule has 138 valence electrons. The highest BCUT2D eigenvalue weighted by molar-refractivity contribution is 5.93. The van der Waals surface area contributed by atoms with Gasteiger partial charge in [-0.1, -0.05) is 18.2 Å². The van der Waals surface area contributed by atoms with Gasteiger partial charge in [0.25, 0.3) is 0 Å². The van der Waals surface area contributed by atoms with Gasteiger partial charge in [-0.3, -0.25) is 5.10 Å². The average molecular weight is 362 g/mol. The zero-order chi connectivity index (χ0) is 18.6. The second-order valence-electron chi connectivity index (χ2n) is 6.22. The van der Waals surface area contributed by atoms with Gasteiger partial charge in [0.15, 0.2) is 5.69 Å². The van der Waals surface area contributed by atoms with Crippen molar-refractivity contribution >= 4 is 17.3 Å². The molecule has 1 heterocycles. The van der Waals surface area contributed by atoms with E-state index in [0.29, 0.717) is 24.2 Å². The minimum Gasteiger partial charge on any atom is -0.461 e. The summed E-state index contributed by atoms with van der Waals surface area (Å²) in [4.78, 5) is 12.1. The molecular weight excluding hydrogens is 342 g/mol. The quantitative estimate of drug-likeness (QED) is 0.579. The highest BCUT2D eigenvalue weighted by Gasteiger charge is 2.37. The number of rotatable bonds is 5. The maximum atomic E-state index is 13.5. The van der Waals surface area contributed by atoms with Crippen LogP contribution in [0.3, 0.4) is 0 Å². The Labute approximate surface area is 149 Å². The van der Waals surface area contributed by atoms with Crippen LogP contribution in [0.15, 0.2) is 40.6 Å². The molecule has 0 amide bonds. The molecule has 26 heavy (non-hydrogen) atoms. The third kappa shape index (κ3) is 4.12. The van der Waals surface area contributed by atoms with E-state index in [4.69, 9.17) is 4.74 Å². The predicted molar refractivity (Wildman–Crippen MR) is 91.3 cm³/mol. The average Bonchev–Trinajstić information content (AvgIpc) is 3.05. The largest absolute Gasteiger partial charge is 0.461 e. The zero-order valence-electron chi connectivity index (χ0n) is 14.4. The summed E-state index contributed by atoms with van der Waals surface area (Å²) in [5.41, 5.74) is 1.47. The normalized spacial score (nSPS) is 17.5. The van der Waals surface area contributed by atoms with Crippen LogP contribution in [-0.4, -0.2) is 28.7 Å². The van der Waals surface area contributed by atoms with Crippen molar-refractivity contribution in [3.8, 4) is 0 Å². The van der Waals surface area contributed by atoms with Gasteiger partial charge in [-0.05, 0) is 31.9 Å². The Morgan fingerprint density at radius 3 is 2.62 bits per heavy atom. The van der Waals surface area contributed by atoms with Crippen LogP contribution in [-0.2, 0) is 4.74 Å². The molecule has 6 nitrogen and oxygen atoms in total. The molecule has 1 fully saturated rings. The fraction of sp³-hybridized carbons (Fsp3) is 0.444. The maximum Gasteiger partial charge on any atom is 0.361 e. The van der Waals surface area contributed by atoms with Gasteiger partial charge in [0.1, 0.15) is 5.69 Å². The topological polar surface area (TPSA) is 79.7 Å². The van der Waals surface area contributed by atoms with Crippen molar-refractivity contribution in [2.24, 2.45) is 10.2 Å². The molecule has 0 aliphatic heterocycles. The highest BCUT2D eigenvalue weighted by Crippen LogP contribution is 2.43. The van der Waals surface area contributed by atoms with Gasteiger partial charge in [0, 0.05) is 18.8 Å². The molecule has 1 saturated carbocycles. The Bertz CT molecular complexity index is 780. The smallest absolute Gasteiger partial charge is 0.361 e. The summed E-state index contributed by atoms with van der Waals surface area (Å²) < 4.78 is 31.9. The number of H-pyrrole nitrogens is 1. The molecule has 1 aliphatic carbocycles. The fourth-order valence-electron chi connectivity index (χ4n) is 3.01. The molecule has 2 aromatic rings. The molecule has 8 heteroatoms. The van der Waals surface area contributed by atoms with E-state index in [-0.39, 0.29) is 36.7 Å². The van der Waals surface area contributed by atoms with Crippen LogP contribution < -0.4 is 0 Å². The number of nitrogens with one attached hydrogen (secondary N) is 1. The highest BCUT2D eigenvalue weighted by atomic mass is 19.3. The van der Waals surface area contributed by atoms with E-state index in [2.05, 4.69) is 20.4 Å². The molecule has 1 aromatic carbocycles. The number of esters is 1. The molecule has 0 spiro atoms. The summed E-state index contributed by atoms with van der Waals surface area (Å²) in [6.07, 6.45) is 0.206. The Morgan fingerprint density at radius 2 is 1.96 bits per heavy atom. The van der Waals surface area contributed by atoms with Gasteiger partial charge in [-0.25, -0.2) is 13.6 Å². The van der Waals surface area contributed by atoms with E-state index in [0.717, 1.165) is 0 Å². The first-order valence-corrected chi connectivity index (χ1v) is 8.60. The summed E-state index contributed by atoms with van der Waals surface area (Å²) in [5, 5.41) is 15.2. The van der Waals surface area contributed by atoms with Crippen molar-refractivity contribution in [2.75, 3.05) is 6.61 Å². The maximum absolute atomic E-state index is 13.5. The van der Waals surface area contributed by atoms with Crippen LogP contribution in [0.2, 0.25) is 0 Å². The first kappa shape index (κ1) is 18.2. The number of azo groups is 1. The number of aromatic nitrogens is 2. The number of hydrogen-bond donors (Lipinski definition) is 1. The molecule has 1 N–H and O–H groups in total. The number of alkyl halides is 2. The summed E-state index contributed by atoms with van der Waals surface area (Å²) in [5.74, 6) is -3.42. The SMILES string of the molecule is CCOC(=O)c1n[nH]c(C2CCC(F)(F)CC2)c1N=Nc1ccccc1.